The van der Waals surface area contributed by atoms with E-state index in [0.717, 1.165) is 24.3 Å². The molecule has 1 aromatic rings. The molecule has 1 aromatic carbocycles. The van der Waals surface area contributed by atoms with Crippen LogP contribution < -0.4 is 15.4 Å². The van der Waals surface area contributed by atoms with Gasteiger partial charge in [0.2, 0.25) is 5.91 Å². The summed E-state index contributed by atoms with van der Waals surface area (Å²) in [6, 6.07) is 7.78. The van der Waals surface area contributed by atoms with Crippen LogP contribution in [0.1, 0.15) is 18.9 Å². The highest BCUT2D eigenvalue weighted by Crippen LogP contribution is 2.11. The molecule has 2 N–H and O–H groups in total. The van der Waals surface area contributed by atoms with Crippen molar-refractivity contribution < 1.29 is 19.0 Å². The molecule has 0 spiro atoms. The number of amides is 1. The maximum absolute atomic E-state index is 12.4. The van der Waals surface area contributed by atoms with Gasteiger partial charge in [-0.2, -0.15) is 0 Å². The molecule has 0 aliphatic carbocycles. The summed E-state index contributed by atoms with van der Waals surface area (Å²) in [4.78, 5) is 18.8. The summed E-state index contributed by atoms with van der Waals surface area (Å²) in [7, 11) is 1.65. The van der Waals surface area contributed by atoms with Gasteiger partial charge in [-0.15, -0.1) is 0 Å². The zero-order valence-corrected chi connectivity index (χ0v) is 16.9. The van der Waals surface area contributed by atoms with Crippen LogP contribution in [0.25, 0.3) is 0 Å². The summed E-state index contributed by atoms with van der Waals surface area (Å²) in [6.07, 6.45) is 0.870. The van der Waals surface area contributed by atoms with Crippen molar-refractivity contribution in [3.05, 3.63) is 29.8 Å². The molecule has 2 rings (SSSR count). The SMILES string of the molecule is CCOCCCNC(=NCc1ccc(OC)cc1)NCC(=O)N1CCOCC1. The smallest absolute Gasteiger partial charge is 0.242 e. The lowest BCUT2D eigenvalue weighted by atomic mass is 10.2. The van der Waals surface area contributed by atoms with Gasteiger partial charge in [0.25, 0.3) is 0 Å². The quantitative estimate of drug-likeness (QED) is 0.351. The van der Waals surface area contributed by atoms with Crippen LogP contribution in [0.15, 0.2) is 29.3 Å². The van der Waals surface area contributed by atoms with Crippen molar-refractivity contribution in [3.63, 3.8) is 0 Å². The van der Waals surface area contributed by atoms with Crippen LogP contribution in [-0.4, -0.2) is 76.5 Å². The van der Waals surface area contributed by atoms with Crippen molar-refractivity contribution in [2.24, 2.45) is 4.99 Å². The summed E-state index contributed by atoms with van der Waals surface area (Å²) in [5.41, 5.74) is 1.07. The minimum absolute atomic E-state index is 0.0524. The summed E-state index contributed by atoms with van der Waals surface area (Å²) in [6.45, 7) is 7.30. The van der Waals surface area contributed by atoms with Crippen LogP contribution in [0.5, 0.6) is 5.75 Å². The Hall–Kier alpha value is -2.32. The van der Waals surface area contributed by atoms with E-state index < -0.39 is 0 Å². The average Bonchev–Trinajstić information content (AvgIpc) is 2.75. The first-order valence-electron chi connectivity index (χ1n) is 9.81. The average molecular weight is 393 g/mol. The number of morpholine rings is 1. The minimum atomic E-state index is 0.0524. The number of rotatable bonds is 10. The number of guanidine groups is 1. The number of hydrogen-bond donors (Lipinski definition) is 2. The van der Waals surface area contributed by atoms with E-state index in [4.69, 9.17) is 14.2 Å². The van der Waals surface area contributed by atoms with E-state index in [1.165, 1.54) is 0 Å². The van der Waals surface area contributed by atoms with Gasteiger partial charge in [-0.1, -0.05) is 12.1 Å². The number of hydrogen-bond acceptors (Lipinski definition) is 5. The van der Waals surface area contributed by atoms with Crippen LogP contribution in [0.2, 0.25) is 0 Å². The van der Waals surface area contributed by atoms with E-state index in [1.54, 1.807) is 7.11 Å². The Labute approximate surface area is 167 Å². The molecule has 156 valence electrons. The number of benzene rings is 1. The van der Waals surface area contributed by atoms with E-state index in [9.17, 15) is 4.79 Å². The van der Waals surface area contributed by atoms with Crippen LogP contribution >= 0.6 is 0 Å². The second-order valence-electron chi connectivity index (χ2n) is 6.34. The monoisotopic (exact) mass is 392 g/mol. The maximum atomic E-state index is 12.4. The Kier molecular flexibility index (Phi) is 10.2. The predicted octanol–water partition coefficient (Wildman–Crippen LogP) is 1.02. The Bertz CT molecular complexity index is 601. The summed E-state index contributed by atoms with van der Waals surface area (Å²) in [5.74, 6) is 1.49. The molecule has 0 unspecified atom stereocenters. The first-order chi connectivity index (χ1) is 13.7. The Morgan fingerprint density at radius 1 is 1.21 bits per heavy atom. The summed E-state index contributed by atoms with van der Waals surface area (Å²) in [5, 5.41) is 6.41. The molecule has 1 aliphatic rings. The number of carbonyl (C=O) groups excluding carboxylic acids is 1. The second kappa shape index (κ2) is 13.0. The molecule has 1 saturated heterocycles. The zero-order chi connectivity index (χ0) is 20.0. The lowest BCUT2D eigenvalue weighted by molar-refractivity contribution is -0.134. The Morgan fingerprint density at radius 3 is 2.64 bits per heavy atom. The topological polar surface area (TPSA) is 84.4 Å². The van der Waals surface area contributed by atoms with E-state index in [1.807, 2.05) is 36.1 Å². The van der Waals surface area contributed by atoms with Gasteiger partial charge in [0, 0.05) is 32.8 Å². The molecule has 8 nitrogen and oxygen atoms in total. The number of carbonyl (C=O) groups is 1. The van der Waals surface area contributed by atoms with Crippen molar-refractivity contribution in [2.75, 3.05) is 59.7 Å². The third kappa shape index (κ3) is 8.14. The van der Waals surface area contributed by atoms with Crippen molar-refractivity contribution in [1.29, 1.82) is 0 Å². The summed E-state index contributed by atoms with van der Waals surface area (Å²) < 4.78 is 15.8. The van der Waals surface area contributed by atoms with Crippen LogP contribution in [-0.2, 0) is 20.8 Å². The number of nitrogens with one attached hydrogen (secondary N) is 2. The lowest BCUT2D eigenvalue weighted by Gasteiger charge is -2.27. The number of ether oxygens (including phenoxy) is 3. The first kappa shape index (κ1) is 22.0. The number of aliphatic imine (C=N–C) groups is 1. The third-order valence-electron chi connectivity index (χ3n) is 4.31. The van der Waals surface area contributed by atoms with Gasteiger partial charge in [0.15, 0.2) is 5.96 Å². The molecule has 1 amide bonds. The first-order valence-corrected chi connectivity index (χ1v) is 9.81. The number of methoxy groups -OCH3 is 1. The van der Waals surface area contributed by atoms with Crippen molar-refractivity contribution in [1.82, 2.24) is 15.5 Å². The highest BCUT2D eigenvalue weighted by atomic mass is 16.5. The Balaban J connectivity index is 1.87. The fourth-order valence-corrected chi connectivity index (χ4v) is 2.68. The molecule has 8 heteroatoms. The molecule has 0 radical (unpaired) electrons. The van der Waals surface area contributed by atoms with Crippen molar-refractivity contribution >= 4 is 11.9 Å². The van der Waals surface area contributed by atoms with Gasteiger partial charge in [-0.3, -0.25) is 4.79 Å². The van der Waals surface area contributed by atoms with E-state index >= 15 is 0 Å². The zero-order valence-electron chi connectivity index (χ0n) is 16.9. The molecule has 0 aromatic heterocycles. The van der Waals surface area contributed by atoms with Crippen molar-refractivity contribution in [3.8, 4) is 5.75 Å². The highest BCUT2D eigenvalue weighted by molar-refractivity contribution is 5.86. The lowest BCUT2D eigenvalue weighted by Crippen LogP contribution is -2.48. The molecule has 0 saturated carbocycles. The molecule has 0 bridgehead atoms. The van der Waals surface area contributed by atoms with Gasteiger partial charge in [0.1, 0.15) is 5.75 Å². The van der Waals surface area contributed by atoms with Crippen LogP contribution in [0.3, 0.4) is 0 Å². The van der Waals surface area contributed by atoms with Crippen LogP contribution in [0, 0.1) is 0 Å². The molecular weight excluding hydrogens is 360 g/mol. The van der Waals surface area contributed by atoms with Crippen LogP contribution in [0.4, 0.5) is 0 Å². The number of nitrogens with zero attached hydrogens (tertiary/aromatic N) is 2. The highest BCUT2D eigenvalue weighted by Gasteiger charge is 2.16. The molecule has 1 heterocycles. The maximum Gasteiger partial charge on any atom is 0.242 e. The van der Waals surface area contributed by atoms with Gasteiger partial charge < -0.3 is 29.7 Å². The second-order valence-corrected chi connectivity index (χ2v) is 6.34. The Morgan fingerprint density at radius 2 is 1.96 bits per heavy atom. The normalized spacial score (nSPS) is 14.6. The molecule has 0 atom stereocenters. The van der Waals surface area contributed by atoms with E-state index in [2.05, 4.69) is 15.6 Å². The molecule has 28 heavy (non-hydrogen) atoms. The van der Waals surface area contributed by atoms with E-state index in [-0.39, 0.29) is 12.5 Å². The van der Waals surface area contributed by atoms with Crippen molar-refractivity contribution in [2.45, 2.75) is 19.9 Å². The van der Waals surface area contributed by atoms with Gasteiger partial charge in [-0.25, -0.2) is 4.99 Å². The van der Waals surface area contributed by atoms with Gasteiger partial charge >= 0.3 is 0 Å². The fourth-order valence-electron chi connectivity index (χ4n) is 2.68. The summed E-state index contributed by atoms with van der Waals surface area (Å²) >= 11 is 0. The minimum Gasteiger partial charge on any atom is -0.497 e. The molecular formula is C20H32N4O4. The largest absolute Gasteiger partial charge is 0.497 e. The predicted molar refractivity (Wildman–Crippen MR) is 109 cm³/mol. The van der Waals surface area contributed by atoms with Gasteiger partial charge in [-0.05, 0) is 31.0 Å². The molecule has 1 aliphatic heterocycles. The fraction of sp³-hybridized carbons (Fsp3) is 0.600. The molecule has 1 fully saturated rings. The standard InChI is InChI=1S/C20H32N4O4/c1-3-27-12-4-9-21-20(22-15-17-5-7-18(26-2)8-6-17)23-16-19(25)24-10-13-28-14-11-24/h5-8H,3-4,9-16H2,1-2H3,(H2,21,22,23). The third-order valence-corrected chi connectivity index (χ3v) is 4.31. The van der Waals surface area contributed by atoms with E-state index in [0.29, 0.717) is 52.0 Å². The van der Waals surface area contributed by atoms with Gasteiger partial charge in [0.05, 0.1) is 33.4 Å².